The molecular formula is C66H52N2O2. The molecule has 9 aromatic carbocycles. The van der Waals surface area contributed by atoms with Crippen molar-refractivity contribution in [3.8, 4) is 11.1 Å². The van der Waals surface area contributed by atoms with Gasteiger partial charge < -0.3 is 18.6 Å². The van der Waals surface area contributed by atoms with E-state index in [1.54, 1.807) is 0 Å². The van der Waals surface area contributed by atoms with Crippen LogP contribution in [0.3, 0.4) is 0 Å². The van der Waals surface area contributed by atoms with Crippen LogP contribution >= 0.6 is 0 Å². The lowest BCUT2D eigenvalue weighted by atomic mass is 9.71. The first-order valence-corrected chi connectivity index (χ1v) is 24.4. The lowest BCUT2D eigenvalue weighted by Gasteiger charge is -2.32. The Hall–Kier alpha value is -8.34. The zero-order valence-corrected chi connectivity index (χ0v) is 40.4. The molecule has 0 aliphatic heterocycles. The summed E-state index contributed by atoms with van der Waals surface area (Å²) in [6.07, 6.45) is 6.62. The molecule has 0 unspecified atom stereocenters. The molecule has 0 atom stereocenters. The van der Waals surface area contributed by atoms with Crippen LogP contribution in [0.25, 0.3) is 71.3 Å². The van der Waals surface area contributed by atoms with Crippen molar-refractivity contribution >= 4 is 88.7 Å². The molecule has 0 saturated heterocycles. The van der Waals surface area contributed by atoms with E-state index in [1.807, 2.05) is 12.1 Å². The molecule has 70 heavy (non-hydrogen) atoms. The Morgan fingerprint density at radius 1 is 0.471 bits per heavy atom. The summed E-state index contributed by atoms with van der Waals surface area (Å²) in [5.74, 6) is 0. The van der Waals surface area contributed by atoms with E-state index in [1.165, 1.54) is 66.4 Å². The minimum atomic E-state index is -0.368. The molecule has 0 bridgehead atoms. The van der Waals surface area contributed by atoms with E-state index in [2.05, 4.69) is 240 Å². The number of anilines is 5. The summed E-state index contributed by atoms with van der Waals surface area (Å²) in [6.45, 7) is 18.4. The predicted molar refractivity (Wildman–Crippen MR) is 295 cm³/mol. The minimum absolute atomic E-state index is 0.349. The van der Waals surface area contributed by atoms with Crippen LogP contribution in [-0.4, -0.2) is 0 Å². The summed E-state index contributed by atoms with van der Waals surface area (Å²) in [7, 11) is 0. The van der Waals surface area contributed by atoms with Gasteiger partial charge >= 0.3 is 0 Å². The molecule has 0 N–H and O–H groups in total. The number of para-hydroxylation sites is 4. The van der Waals surface area contributed by atoms with Crippen molar-refractivity contribution in [2.24, 2.45) is 0 Å². The Labute approximate surface area is 408 Å². The van der Waals surface area contributed by atoms with Gasteiger partial charge in [0.25, 0.3) is 0 Å². The smallest absolute Gasteiger partial charge is 0.159 e. The molecule has 0 fully saturated rings. The van der Waals surface area contributed by atoms with Crippen molar-refractivity contribution in [3.05, 3.63) is 240 Å². The van der Waals surface area contributed by atoms with Gasteiger partial charge in [0.1, 0.15) is 11.2 Å². The van der Waals surface area contributed by atoms with E-state index in [-0.39, 0.29) is 10.8 Å². The number of benzene rings is 9. The van der Waals surface area contributed by atoms with Crippen LogP contribution in [0, 0.1) is 13.8 Å². The summed E-state index contributed by atoms with van der Waals surface area (Å²) in [6, 6.07) is 63.5. The predicted octanol–water partition coefficient (Wildman–Crippen LogP) is 18.6. The molecule has 0 saturated carbocycles. The topological polar surface area (TPSA) is 32.8 Å². The zero-order valence-electron chi connectivity index (χ0n) is 40.4. The Balaban J connectivity index is 0.994. The minimum Gasteiger partial charge on any atom is -0.454 e. The fraction of sp³-hybridized carbons (Fsp3) is 0.121. The average Bonchev–Trinajstić information content (AvgIpc) is 4.08. The van der Waals surface area contributed by atoms with Crippen molar-refractivity contribution in [2.75, 3.05) is 9.80 Å². The molecule has 2 heterocycles. The third-order valence-corrected chi connectivity index (χ3v) is 15.4. The molecule has 13 rings (SSSR count). The molecule has 0 spiro atoms. The van der Waals surface area contributed by atoms with Gasteiger partial charge in [-0.2, -0.15) is 0 Å². The maximum atomic E-state index is 6.78. The van der Waals surface area contributed by atoms with Gasteiger partial charge in [0.15, 0.2) is 11.2 Å². The molecule has 11 aromatic rings. The highest BCUT2D eigenvalue weighted by atomic mass is 16.3. The van der Waals surface area contributed by atoms with Crippen molar-refractivity contribution in [2.45, 2.75) is 52.4 Å². The zero-order chi connectivity index (χ0) is 47.6. The number of fused-ring (bicyclic) bond motifs is 13. The Bertz CT molecular complexity index is 4040. The van der Waals surface area contributed by atoms with E-state index in [0.717, 1.165) is 72.3 Å². The van der Waals surface area contributed by atoms with Crippen molar-refractivity contribution < 1.29 is 8.83 Å². The van der Waals surface area contributed by atoms with Crippen molar-refractivity contribution in [1.29, 1.82) is 0 Å². The number of nitrogens with zero attached hydrogens (tertiary/aromatic N) is 2. The van der Waals surface area contributed by atoms with E-state index < -0.39 is 0 Å². The third kappa shape index (κ3) is 6.02. The van der Waals surface area contributed by atoms with Gasteiger partial charge in [-0.15, -0.1) is 0 Å². The fourth-order valence-electron chi connectivity index (χ4n) is 12.0. The molecule has 2 aliphatic carbocycles. The van der Waals surface area contributed by atoms with Gasteiger partial charge in [0.05, 0.1) is 17.1 Å². The maximum Gasteiger partial charge on any atom is 0.159 e. The normalized spacial score (nSPS) is 14.6. The first kappa shape index (κ1) is 41.8. The summed E-state index contributed by atoms with van der Waals surface area (Å²) in [4.78, 5) is 4.70. The second-order valence-electron chi connectivity index (χ2n) is 20.3. The lowest BCUT2D eigenvalue weighted by molar-refractivity contribution is 0.597. The molecule has 4 nitrogen and oxygen atoms in total. The van der Waals surface area contributed by atoms with Crippen LogP contribution in [0.15, 0.2) is 215 Å². The third-order valence-electron chi connectivity index (χ3n) is 15.4. The highest BCUT2D eigenvalue weighted by Crippen LogP contribution is 2.61. The van der Waals surface area contributed by atoms with Gasteiger partial charge in [-0.1, -0.05) is 173 Å². The van der Waals surface area contributed by atoms with Crippen LogP contribution in [0.1, 0.15) is 61.1 Å². The van der Waals surface area contributed by atoms with Gasteiger partial charge in [0, 0.05) is 55.3 Å². The second kappa shape index (κ2) is 15.3. The van der Waals surface area contributed by atoms with Crippen molar-refractivity contribution in [1.82, 2.24) is 0 Å². The molecule has 0 amide bonds. The Kier molecular flexibility index (Phi) is 9.16. The van der Waals surface area contributed by atoms with Gasteiger partial charge in [-0.25, -0.2) is 0 Å². The van der Waals surface area contributed by atoms with Crippen LogP contribution < -0.4 is 9.80 Å². The number of allylic oxidation sites excluding steroid dienone is 4. The maximum absolute atomic E-state index is 6.78. The van der Waals surface area contributed by atoms with Crippen LogP contribution in [0.4, 0.5) is 28.4 Å². The van der Waals surface area contributed by atoms with E-state index in [9.17, 15) is 0 Å². The molecule has 4 heteroatoms. The molecule has 338 valence electrons. The Morgan fingerprint density at radius 3 is 1.61 bits per heavy atom. The molecule has 2 aliphatic rings. The number of hydrogen-bond donors (Lipinski definition) is 0. The van der Waals surface area contributed by atoms with Crippen LogP contribution in [0.2, 0.25) is 0 Å². The summed E-state index contributed by atoms with van der Waals surface area (Å²) in [5.41, 5.74) is 20.7. The Morgan fingerprint density at radius 2 is 0.986 bits per heavy atom. The number of rotatable bonds is 8. The van der Waals surface area contributed by atoms with E-state index >= 15 is 0 Å². The summed E-state index contributed by atoms with van der Waals surface area (Å²) in [5, 5.41) is 6.84. The van der Waals surface area contributed by atoms with Gasteiger partial charge in [-0.05, 0) is 124 Å². The first-order valence-electron chi connectivity index (χ1n) is 24.4. The second-order valence-corrected chi connectivity index (χ2v) is 20.3. The number of aryl methyl sites for hydroxylation is 2. The first-order chi connectivity index (χ1) is 34.0. The highest BCUT2D eigenvalue weighted by molar-refractivity contribution is 6.15. The quantitative estimate of drug-likeness (QED) is 0.152. The molecular weight excluding hydrogens is 853 g/mol. The molecule has 2 aromatic heterocycles. The molecule has 0 radical (unpaired) electrons. The number of furan rings is 2. The fourth-order valence-corrected chi connectivity index (χ4v) is 12.0. The van der Waals surface area contributed by atoms with Gasteiger partial charge in [0.2, 0.25) is 0 Å². The number of hydrogen-bond acceptors (Lipinski definition) is 4. The standard InChI is InChI=1S/C66H52N2O2/c1-8-53-44(37-38-67(42-31-27-40(2)28-32-42)55-23-15-21-50-46-18-11-13-25-58(46)69-63(50)55)49-35-36-52-60-48-20-10-9-17-45(48)57(39-54(60)66(6,7)62(52)61(49)65(53,4)5)68(43-33-29-41(3)30-34-43)56-24-16-22-51-47-19-12-14-26-59(47)70-64(51)56/h8-39H,1H2,2-7H3/b38-37-. The SMILES string of the molecule is C=CC1=C(/C=C\N(c2ccc(C)cc2)c2cccc3c2oc2ccccc23)c2ccc3c(c2C1(C)C)C(C)(C)c1cc(N(c2ccc(C)cc2)c2cccc4c2oc2ccccc24)c2ccccc2c1-3. The summed E-state index contributed by atoms with van der Waals surface area (Å²) >= 11 is 0. The lowest BCUT2D eigenvalue weighted by Crippen LogP contribution is -2.25. The van der Waals surface area contributed by atoms with E-state index in [4.69, 9.17) is 8.83 Å². The van der Waals surface area contributed by atoms with Crippen molar-refractivity contribution in [3.63, 3.8) is 0 Å². The van der Waals surface area contributed by atoms with Crippen LogP contribution in [-0.2, 0) is 10.8 Å². The highest BCUT2D eigenvalue weighted by Gasteiger charge is 2.47. The monoisotopic (exact) mass is 904 g/mol. The van der Waals surface area contributed by atoms with Crippen LogP contribution in [0.5, 0.6) is 0 Å². The van der Waals surface area contributed by atoms with E-state index in [0.29, 0.717) is 0 Å². The summed E-state index contributed by atoms with van der Waals surface area (Å²) < 4.78 is 13.4. The largest absolute Gasteiger partial charge is 0.454 e. The average molecular weight is 905 g/mol. The van der Waals surface area contributed by atoms with Gasteiger partial charge in [-0.3, -0.25) is 0 Å².